The van der Waals surface area contributed by atoms with Crippen molar-refractivity contribution in [1.82, 2.24) is 9.88 Å². The van der Waals surface area contributed by atoms with Gasteiger partial charge in [-0.2, -0.15) is 0 Å². The third-order valence-corrected chi connectivity index (χ3v) is 4.63. The van der Waals surface area contributed by atoms with Crippen LogP contribution in [0.25, 0.3) is 0 Å². The van der Waals surface area contributed by atoms with Crippen molar-refractivity contribution >= 4 is 5.91 Å². The maximum absolute atomic E-state index is 13.1. The molecule has 3 rings (SSSR count). The molecule has 0 bridgehead atoms. The van der Waals surface area contributed by atoms with E-state index >= 15 is 0 Å². The number of amides is 1. The van der Waals surface area contributed by atoms with Crippen LogP contribution in [-0.4, -0.2) is 22.3 Å². The van der Waals surface area contributed by atoms with E-state index in [1.165, 1.54) is 11.1 Å². The van der Waals surface area contributed by atoms with Crippen molar-refractivity contribution in [3.63, 3.8) is 0 Å². The summed E-state index contributed by atoms with van der Waals surface area (Å²) in [5.74, 6) is 0.0506. The summed E-state index contributed by atoms with van der Waals surface area (Å²) in [6.07, 6.45) is 2.59. The van der Waals surface area contributed by atoms with E-state index in [9.17, 15) is 4.79 Å². The highest BCUT2D eigenvalue weighted by molar-refractivity contribution is 5.94. The first-order valence-electron chi connectivity index (χ1n) is 8.94. The number of hydrogen-bond donors (Lipinski definition) is 0. The summed E-state index contributed by atoms with van der Waals surface area (Å²) in [7, 11) is 0. The Labute approximate surface area is 155 Å². The van der Waals surface area contributed by atoms with Crippen LogP contribution in [0.5, 0.6) is 0 Å². The molecule has 0 N–H and O–H groups in total. The summed E-state index contributed by atoms with van der Waals surface area (Å²) >= 11 is 0. The molecule has 0 saturated carbocycles. The Morgan fingerprint density at radius 2 is 1.69 bits per heavy atom. The van der Waals surface area contributed by atoms with Crippen LogP contribution in [0.3, 0.4) is 0 Å². The van der Waals surface area contributed by atoms with Gasteiger partial charge in [-0.3, -0.25) is 9.78 Å². The lowest BCUT2D eigenvalue weighted by Gasteiger charge is -2.23. The highest BCUT2D eigenvalue weighted by Gasteiger charge is 2.17. The summed E-state index contributed by atoms with van der Waals surface area (Å²) in [4.78, 5) is 19.4. The molecule has 26 heavy (non-hydrogen) atoms. The second-order valence-corrected chi connectivity index (χ2v) is 6.58. The number of hydrogen-bond acceptors (Lipinski definition) is 2. The van der Waals surface area contributed by atoms with Crippen LogP contribution in [0, 0.1) is 13.8 Å². The molecule has 0 aliphatic rings. The van der Waals surface area contributed by atoms with E-state index in [4.69, 9.17) is 0 Å². The normalized spacial score (nSPS) is 10.5. The van der Waals surface area contributed by atoms with Gasteiger partial charge in [-0.25, -0.2) is 0 Å². The Morgan fingerprint density at radius 3 is 2.38 bits per heavy atom. The van der Waals surface area contributed by atoms with E-state index in [0.29, 0.717) is 13.1 Å². The average Bonchev–Trinajstić information content (AvgIpc) is 2.68. The van der Waals surface area contributed by atoms with E-state index in [2.05, 4.69) is 24.0 Å². The van der Waals surface area contributed by atoms with Crippen LogP contribution in [0.4, 0.5) is 0 Å². The lowest BCUT2D eigenvalue weighted by atomic mass is 10.0. The molecule has 0 fully saturated rings. The van der Waals surface area contributed by atoms with Gasteiger partial charge in [-0.15, -0.1) is 0 Å². The van der Waals surface area contributed by atoms with Gasteiger partial charge in [0.2, 0.25) is 0 Å². The Bertz CT molecular complexity index is 860. The summed E-state index contributed by atoms with van der Waals surface area (Å²) in [6, 6.07) is 22.0. The zero-order chi connectivity index (χ0) is 18.4. The molecular weight excluding hydrogens is 320 g/mol. The smallest absolute Gasteiger partial charge is 0.254 e. The van der Waals surface area contributed by atoms with E-state index in [1.807, 2.05) is 66.4 Å². The molecule has 0 aliphatic carbocycles. The fourth-order valence-corrected chi connectivity index (χ4v) is 2.91. The first kappa shape index (κ1) is 17.9. The number of benzene rings is 2. The quantitative estimate of drug-likeness (QED) is 0.655. The molecule has 2 aromatic carbocycles. The highest BCUT2D eigenvalue weighted by atomic mass is 16.2. The van der Waals surface area contributed by atoms with Crippen molar-refractivity contribution in [3.05, 3.63) is 101 Å². The summed E-state index contributed by atoms with van der Waals surface area (Å²) in [6.45, 7) is 5.27. The van der Waals surface area contributed by atoms with Crippen LogP contribution in [0.1, 0.15) is 32.7 Å². The average molecular weight is 344 g/mol. The largest absolute Gasteiger partial charge is 0.332 e. The fourth-order valence-electron chi connectivity index (χ4n) is 2.91. The molecule has 0 saturated heterocycles. The van der Waals surface area contributed by atoms with E-state index in [0.717, 1.165) is 23.2 Å². The van der Waals surface area contributed by atoms with Gasteiger partial charge in [-0.05, 0) is 61.2 Å². The second kappa shape index (κ2) is 8.43. The van der Waals surface area contributed by atoms with Gasteiger partial charge in [0.1, 0.15) is 0 Å². The van der Waals surface area contributed by atoms with Crippen molar-refractivity contribution in [2.45, 2.75) is 26.8 Å². The maximum atomic E-state index is 13.1. The van der Waals surface area contributed by atoms with Crippen molar-refractivity contribution in [1.29, 1.82) is 0 Å². The zero-order valence-electron chi connectivity index (χ0n) is 15.4. The highest BCUT2D eigenvalue weighted by Crippen LogP contribution is 2.14. The summed E-state index contributed by atoms with van der Waals surface area (Å²) in [5.41, 5.74) is 5.19. The number of carbonyl (C=O) groups excluding carboxylic acids is 1. The molecule has 0 unspecified atom stereocenters. The van der Waals surface area contributed by atoms with Gasteiger partial charge in [0, 0.05) is 18.3 Å². The third-order valence-electron chi connectivity index (χ3n) is 4.63. The summed E-state index contributed by atoms with van der Waals surface area (Å²) < 4.78 is 0. The van der Waals surface area contributed by atoms with Gasteiger partial charge in [0.25, 0.3) is 5.91 Å². The van der Waals surface area contributed by atoms with Crippen molar-refractivity contribution < 1.29 is 4.79 Å². The van der Waals surface area contributed by atoms with Crippen LogP contribution in [0.15, 0.2) is 72.9 Å². The van der Waals surface area contributed by atoms with Crippen molar-refractivity contribution in [2.24, 2.45) is 0 Å². The number of nitrogens with zero attached hydrogens (tertiary/aromatic N) is 2. The SMILES string of the molecule is Cc1ccc(C(=O)N(CCc2ccccc2)Cc2ccccn2)cc1C. The molecule has 0 radical (unpaired) electrons. The molecule has 1 amide bonds. The Hall–Kier alpha value is -2.94. The van der Waals surface area contributed by atoms with Gasteiger partial charge < -0.3 is 4.90 Å². The molecule has 0 atom stereocenters. The van der Waals surface area contributed by atoms with E-state index in [-0.39, 0.29) is 5.91 Å². The first-order chi connectivity index (χ1) is 12.6. The molecule has 3 aromatic rings. The van der Waals surface area contributed by atoms with Gasteiger partial charge >= 0.3 is 0 Å². The Kier molecular flexibility index (Phi) is 5.80. The number of rotatable bonds is 6. The topological polar surface area (TPSA) is 33.2 Å². The van der Waals surface area contributed by atoms with Crippen molar-refractivity contribution in [2.75, 3.05) is 6.54 Å². The number of carbonyl (C=O) groups is 1. The van der Waals surface area contributed by atoms with Crippen LogP contribution < -0.4 is 0 Å². The third kappa shape index (κ3) is 4.57. The number of pyridine rings is 1. The predicted octanol–water partition coefficient (Wildman–Crippen LogP) is 4.58. The first-order valence-corrected chi connectivity index (χ1v) is 8.94. The molecule has 3 nitrogen and oxygen atoms in total. The molecule has 0 aliphatic heterocycles. The van der Waals surface area contributed by atoms with Gasteiger partial charge in [0.15, 0.2) is 0 Å². The minimum absolute atomic E-state index is 0.0506. The van der Waals surface area contributed by atoms with E-state index < -0.39 is 0 Å². The standard InChI is InChI=1S/C23H24N2O/c1-18-11-12-21(16-19(18)2)23(26)25(17-22-10-6-7-14-24-22)15-13-20-8-4-3-5-9-20/h3-12,14,16H,13,15,17H2,1-2H3. The molecule has 3 heteroatoms. The zero-order valence-corrected chi connectivity index (χ0v) is 15.4. The van der Waals surface area contributed by atoms with Gasteiger partial charge in [0.05, 0.1) is 12.2 Å². The minimum Gasteiger partial charge on any atom is -0.332 e. The second-order valence-electron chi connectivity index (χ2n) is 6.58. The van der Waals surface area contributed by atoms with Gasteiger partial charge in [-0.1, -0.05) is 42.5 Å². The number of aryl methyl sites for hydroxylation is 2. The van der Waals surface area contributed by atoms with Crippen LogP contribution in [0.2, 0.25) is 0 Å². The number of aromatic nitrogens is 1. The maximum Gasteiger partial charge on any atom is 0.254 e. The van der Waals surface area contributed by atoms with Crippen molar-refractivity contribution in [3.8, 4) is 0 Å². The monoisotopic (exact) mass is 344 g/mol. The molecule has 1 heterocycles. The molecule has 0 spiro atoms. The Morgan fingerprint density at radius 1 is 0.923 bits per heavy atom. The fraction of sp³-hybridized carbons (Fsp3) is 0.217. The molecular formula is C23H24N2O. The summed E-state index contributed by atoms with van der Waals surface area (Å²) in [5, 5.41) is 0. The minimum atomic E-state index is 0.0506. The van der Waals surface area contributed by atoms with Crippen LogP contribution in [-0.2, 0) is 13.0 Å². The lowest BCUT2D eigenvalue weighted by molar-refractivity contribution is 0.0743. The lowest BCUT2D eigenvalue weighted by Crippen LogP contribution is -2.33. The van der Waals surface area contributed by atoms with Crippen LogP contribution >= 0.6 is 0 Å². The Balaban J connectivity index is 1.81. The predicted molar refractivity (Wildman–Crippen MR) is 105 cm³/mol. The molecule has 132 valence electrons. The molecule has 1 aromatic heterocycles. The van der Waals surface area contributed by atoms with E-state index in [1.54, 1.807) is 6.20 Å².